The van der Waals surface area contributed by atoms with Crippen molar-refractivity contribution in [2.75, 3.05) is 0 Å². The summed E-state index contributed by atoms with van der Waals surface area (Å²) in [6.07, 6.45) is 0. The van der Waals surface area contributed by atoms with Crippen LogP contribution in [0.5, 0.6) is 0 Å². The molecule has 1 heterocycles. The van der Waals surface area contributed by atoms with Crippen molar-refractivity contribution < 1.29 is 0 Å². The van der Waals surface area contributed by atoms with Crippen LogP contribution in [0.15, 0.2) is 182 Å². The lowest BCUT2D eigenvalue weighted by atomic mass is 9.85. The normalized spacial score (nSPS) is 11.6. The van der Waals surface area contributed by atoms with E-state index in [1.54, 1.807) is 0 Å². The van der Waals surface area contributed by atoms with Crippen LogP contribution >= 0.6 is 0 Å². The van der Waals surface area contributed by atoms with Crippen LogP contribution in [0.1, 0.15) is 5.56 Å². The summed E-state index contributed by atoms with van der Waals surface area (Å²) in [5.74, 6) is 1.89. The van der Waals surface area contributed by atoms with Crippen LogP contribution in [0.4, 0.5) is 0 Å². The topological polar surface area (TPSA) is 62.5 Å². The van der Waals surface area contributed by atoms with E-state index in [0.29, 0.717) is 23.0 Å². The van der Waals surface area contributed by atoms with Gasteiger partial charge in [-0.25, -0.2) is 15.0 Å². The van der Waals surface area contributed by atoms with Gasteiger partial charge < -0.3 is 0 Å². The minimum absolute atomic E-state index is 0.626. The number of benzene rings is 9. The average Bonchev–Trinajstić information content (AvgIpc) is 3.60. The lowest BCUT2D eigenvalue weighted by molar-refractivity contribution is 1.08. The van der Waals surface area contributed by atoms with Crippen molar-refractivity contribution >= 4 is 32.3 Å². The van der Waals surface area contributed by atoms with E-state index in [9.17, 15) is 5.26 Å². The predicted molar refractivity (Wildman–Crippen MR) is 229 cm³/mol. The summed E-state index contributed by atoms with van der Waals surface area (Å²) in [5.41, 5.74) is 13.0. The molecule has 4 heteroatoms. The average molecular weight is 711 g/mol. The van der Waals surface area contributed by atoms with E-state index in [1.165, 1.54) is 33.0 Å². The van der Waals surface area contributed by atoms with Gasteiger partial charge in [0.05, 0.1) is 11.6 Å². The highest BCUT2D eigenvalue weighted by Gasteiger charge is 2.26. The van der Waals surface area contributed by atoms with Gasteiger partial charge in [-0.3, -0.25) is 0 Å². The van der Waals surface area contributed by atoms with Crippen molar-refractivity contribution in [1.29, 1.82) is 5.26 Å². The number of aromatic nitrogens is 3. The molecule has 0 amide bonds. The molecule has 0 aliphatic heterocycles. The summed E-state index contributed by atoms with van der Waals surface area (Å²) in [7, 11) is 0. The molecule has 0 spiro atoms. The molecule has 0 radical (unpaired) electrons. The van der Waals surface area contributed by atoms with E-state index in [0.717, 1.165) is 60.5 Å². The van der Waals surface area contributed by atoms with Gasteiger partial charge >= 0.3 is 0 Å². The van der Waals surface area contributed by atoms with Crippen molar-refractivity contribution in [3.8, 4) is 84.7 Å². The van der Waals surface area contributed by atoms with Crippen molar-refractivity contribution in [2.24, 2.45) is 0 Å². The van der Waals surface area contributed by atoms with E-state index in [-0.39, 0.29) is 0 Å². The van der Waals surface area contributed by atoms with Crippen molar-refractivity contribution in [1.82, 2.24) is 15.0 Å². The van der Waals surface area contributed by atoms with Gasteiger partial charge in [-0.2, -0.15) is 5.26 Å². The third-order valence-corrected chi connectivity index (χ3v) is 11.2. The summed E-state index contributed by atoms with van der Waals surface area (Å²) < 4.78 is 0. The molecule has 10 aromatic rings. The Morgan fingerprint density at radius 2 is 0.661 bits per heavy atom. The number of hydrogen-bond donors (Lipinski definition) is 0. The second kappa shape index (κ2) is 12.7. The second-order valence-electron chi connectivity index (χ2n) is 14.2. The highest BCUT2D eigenvalue weighted by Crippen LogP contribution is 2.53. The fourth-order valence-corrected chi connectivity index (χ4v) is 8.65. The zero-order valence-electron chi connectivity index (χ0n) is 30.1. The van der Waals surface area contributed by atoms with Crippen LogP contribution in [0.25, 0.3) is 111 Å². The summed E-state index contributed by atoms with van der Waals surface area (Å²) in [5, 5.41) is 16.7. The molecule has 1 aliphatic carbocycles. The first-order valence-corrected chi connectivity index (χ1v) is 18.8. The molecular formula is C52H30N4. The lowest BCUT2D eigenvalue weighted by Gasteiger charge is -2.18. The summed E-state index contributed by atoms with van der Waals surface area (Å²) in [6.45, 7) is 0. The standard InChI is InChI=1S/C52H30N4/c53-31-34-17-11-23-36-35(34)22-12-24-40(36)45-27-26-43-38-19-8-9-20-39(38)44-28-29-46(49(45)48(43)44)42-25-30-47(41-21-10-7-18-37(41)42)52-55-50(32-13-3-1-4-14-32)54-51(56-52)33-15-5-2-6-16-33/h1-30H. The third-order valence-electron chi connectivity index (χ3n) is 11.2. The van der Waals surface area contributed by atoms with E-state index in [4.69, 9.17) is 15.0 Å². The van der Waals surface area contributed by atoms with E-state index in [2.05, 4.69) is 109 Å². The zero-order valence-corrected chi connectivity index (χ0v) is 30.1. The highest BCUT2D eigenvalue weighted by molar-refractivity contribution is 6.25. The summed E-state index contributed by atoms with van der Waals surface area (Å²) in [4.78, 5) is 15.2. The van der Waals surface area contributed by atoms with Crippen molar-refractivity contribution in [3.05, 3.63) is 188 Å². The third kappa shape index (κ3) is 4.89. The number of rotatable bonds is 5. The molecule has 0 bridgehead atoms. The molecule has 0 atom stereocenters. The molecular weight excluding hydrogens is 681 g/mol. The first-order valence-electron chi connectivity index (χ1n) is 18.8. The van der Waals surface area contributed by atoms with Crippen LogP contribution in [-0.4, -0.2) is 15.0 Å². The molecule has 0 fully saturated rings. The van der Waals surface area contributed by atoms with Gasteiger partial charge in [-0.05, 0) is 83.6 Å². The van der Waals surface area contributed by atoms with Gasteiger partial charge in [0, 0.05) is 22.1 Å². The molecule has 0 unspecified atom stereocenters. The Labute approximate surface area is 323 Å². The van der Waals surface area contributed by atoms with E-state index in [1.807, 2.05) is 78.9 Å². The van der Waals surface area contributed by atoms with Crippen LogP contribution in [0, 0.1) is 11.3 Å². The number of hydrogen-bond acceptors (Lipinski definition) is 4. The van der Waals surface area contributed by atoms with Gasteiger partial charge in [0.25, 0.3) is 0 Å². The van der Waals surface area contributed by atoms with Gasteiger partial charge in [-0.1, -0.05) is 170 Å². The molecule has 56 heavy (non-hydrogen) atoms. The predicted octanol–water partition coefficient (Wildman–Crippen LogP) is 13.2. The quantitative estimate of drug-likeness (QED) is 0.178. The second-order valence-corrected chi connectivity index (χ2v) is 14.2. The molecule has 0 saturated carbocycles. The molecule has 11 rings (SSSR count). The Bertz CT molecular complexity index is 3170. The molecule has 1 aromatic heterocycles. The monoisotopic (exact) mass is 710 g/mol. The van der Waals surface area contributed by atoms with Gasteiger partial charge in [0.15, 0.2) is 17.5 Å². The molecule has 1 aliphatic rings. The fourth-order valence-electron chi connectivity index (χ4n) is 8.65. The Hall–Kier alpha value is -7.74. The Morgan fingerprint density at radius 3 is 1.25 bits per heavy atom. The van der Waals surface area contributed by atoms with Gasteiger partial charge in [0.1, 0.15) is 0 Å². The Balaban J connectivity index is 1.19. The maximum atomic E-state index is 10.0. The molecule has 4 nitrogen and oxygen atoms in total. The maximum absolute atomic E-state index is 10.0. The summed E-state index contributed by atoms with van der Waals surface area (Å²) >= 11 is 0. The molecule has 9 aromatic carbocycles. The van der Waals surface area contributed by atoms with E-state index >= 15 is 0 Å². The van der Waals surface area contributed by atoms with Crippen LogP contribution in [0.3, 0.4) is 0 Å². The minimum atomic E-state index is 0.626. The van der Waals surface area contributed by atoms with Crippen LogP contribution < -0.4 is 0 Å². The highest BCUT2D eigenvalue weighted by atomic mass is 15.0. The maximum Gasteiger partial charge on any atom is 0.164 e. The fraction of sp³-hybridized carbons (Fsp3) is 0. The minimum Gasteiger partial charge on any atom is -0.208 e. The number of nitrogens with zero attached hydrogens (tertiary/aromatic N) is 4. The van der Waals surface area contributed by atoms with Crippen LogP contribution in [0.2, 0.25) is 0 Å². The van der Waals surface area contributed by atoms with Gasteiger partial charge in [-0.15, -0.1) is 0 Å². The Morgan fingerprint density at radius 1 is 0.286 bits per heavy atom. The van der Waals surface area contributed by atoms with Crippen molar-refractivity contribution in [2.45, 2.75) is 0 Å². The first-order chi connectivity index (χ1) is 27.7. The smallest absolute Gasteiger partial charge is 0.164 e. The van der Waals surface area contributed by atoms with Crippen molar-refractivity contribution in [3.63, 3.8) is 0 Å². The molecule has 0 N–H and O–H groups in total. The number of fused-ring (bicyclic) bond motifs is 5. The number of nitriles is 1. The SMILES string of the molecule is N#Cc1cccc2c(-c3ccc4c5c(ccc(-c6ccc(-c7nc(-c8ccccc8)nc(-c8ccccc8)n7)c7ccccc67)c35)-c3ccccc3-4)cccc12. The lowest BCUT2D eigenvalue weighted by Crippen LogP contribution is -2.00. The van der Waals surface area contributed by atoms with Crippen LogP contribution in [-0.2, 0) is 0 Å². The summed E-state index contributed by atoms with van der Waals surface area (Å²) in [6, 6.07) is 65.8. The molecule has 0 saturated heterocycles. The Kier molecular flexibility index (Phi) is 7.20. The largest absolute Gasteiger partial charge is 0.208 e. The van der Waals surface area contributed by atoms with E-state index < -0.39 is 0 Å². The molecule has 258 valence electrons. The van der Waals surface area contributed by atoms with Gasteiger partial charge in [0.2, 0.25) is 0 Å². The zero-order chi connectivity index (χ0) is 37.2. The first kappa shape index (κ1) is 31.8.